The van der Waals surface area contributed by atoms with E-state index in [2.05, 4.69) is 0 Å². The molecule has 3 aromatic carbocycles. The summed E-state index contributed by atoms with van der Waals surface area (Å²) in [5.74, 6) is 0.248. The monoisotopic (exact) mass is 388 g/mol. The summed E-state index contributed by atoms with van der Waals surface area (Å²) in [4.78, 5) is 25.8. The molecule has 0 bridgehead atoms. The Morgan fingerprint density at radius 3 is 2.45 bits per heavy atom. The van der Waals surface area contributed by atoms with Crippen molar-refractivity contribution < 1.29 is 18.7 Å². The van der Waals surface area contributed by atoms with Gasteiger partial charge in [0.25, 0.3) is 0 Å². The molecule has 1 aromatic heterocycles. The van der Waals surface area contributed by atoms with Gasteiger partial charge in [-0.2, -0.15) is 0 Å². The minimum Gasteiger partial charge on any atom is -0.497 e. The Balaban J connectivity index is 2.13. The Labute approximate surface area is 167 Å². The number of methoxy groups -OCH3 is 1. The Bertz CT molecular complexity index is 1280. The molecule has 5 heteroatoms. The van der Waals surface area contributed by atoms with Gasteiger partial charge in [-0.05, 0) is 55.3 Å². The summed E-state index contributed by atoms with van der Waals surface area (Å²) in [6.45, 7) is 3.83. The fraction of sp³-hybridized carbons (Fsp3) is 0.167. The molecule has 0 saturated carbocycles. The van der Waals surface area contributed by atoms with Gasteiger partial charge in [0, 0.05) is 5.56 Å². The molecule has 1 heterocycles. The standard InChI is InChI=1S/C24H20O5/c1-4-28-24(26)18-13-19-22(25)17-7-5-6-8-20(17)29-23(19)21(14(18)2)15-9-11-16(27-3)12-10-15/h5-13H,4H2,1-3H3. The van der Waals surface area contributed by atoms with E-state index in [1.54, 1.807) is 38.3 Å². The summed E-state index contributed by atoms with van der Waals surface area (Å²) < 4.78 is 16.6. The SMILES string of the molecule is CCOC(=O)c1cc2c(=O)c3ccccc3oc2c(-c2ccc(OC)cc2)c1C. The smallest absolute Gasteiger partial charge is 0.338 e. The highest BCUT2D eigenvalue weighted by Crippen LogP contribution is 2.35. The molecule has 0 radical (unpaired) electrons. The molecule has 0 amide bonds. The van der Waals surface area contributed by atoms with Crippen molar-refractivity contribution in [3.8, 4) is 16.9 Å². The maximum Gasteiger partial charge on any atom is 0.338 e. The average Bonchev–Trinajstić information content (AvgIpc) is 2.74. The summed E-state index contributed by atoms with van der Waals surface area (Å²) in [6.07, 6.45) is 0. The summed E-state index contributed by atoms with van der Waals surface area (Å²) in [5.41, 5.74) is 3.33. The molecule has 146 valence electrons. The zero-order valence-corrected chi connectivity index (χ0v) is 16.4. The molecule has 0 saturated heterocycles. The lowest BCUT2D eigenvalue weighted by Crippen LogP contribution is -2.11. The van der Waals surface area contributed by atoms with Crippen LogP contribution in [0.4, 0.5) is 0 Å². The summed E-state index contributed by atoms with van der Waals surface area (Å²) in [7, 11) is 1.60. The van der Waals surface area contributed by atoms with Gasteiger partial charge in [-0.15, -0.1) is 0 Å². The second-order valence-electron chi connectivity index (χ2n) is 6.68. The molecule has 4 aromatic rings. The van der Waals surface area contributed by atoms with Gasteiger partial charge in [0.2, 0.25) is 5.43 Å². The van der Waals surface area contributed by atoms with E-state index in [1.807, 2.05) is 37.3 Å². The molecule has 5 nitrogen and oxygen atoms in total. The van der Waals surface area contributed by atoms with E-state index in [1.165, 1.54) is 0 Å². The van der Waals surface area contributed by atoms with E-state index in [0.29, 0.717) is 44.4 Å². The molecule has 0 spiro atoms. The number of hydrogen-bond acceptors (Lipinski definition) is 5. The highest BCUT2D eigenvalue weighted by Gasteiger charge is 2.21. The Morgan fingerprint density at radius 1 is 1.03 bits per heavy atom. The van der Waals surface area contributed by atoms with E-state index in [-0.39, 0.29) is 12.0 Å². The van der Waals surface area contributed by atoms with Crippen molar-refractivity contribution in [1.29, 1.82) is 0 Å². The molecule has 0 aliphatic rings. The van der Waals surface area contributed by atoms with Crippen molar-refractivity contribution in [2.45, 2.75) is 13.8 Å². The predicted octanol–water partition coefficient (Wildman–Crippen LogP) is 5.11. The molecule has 0 aliphatic carbocycles. The van der Waals surface area contributed by atoms with E-state index in [9.17, 15) is 9.59 Å². The van der Waals surface area contributed by atoms with Crippen molar-refractivity contribution in [1.82, 2.24) is 0 Å². The van der Waals surface area contributed by atoms with E-state index < -0.39 is 5.97 Å². The number of esters is 1. The zero-order chi connectivity index (χ0) is 20.5. The normalized spacial score (nSPS) is 11.0. The Morgan fingerprint density at radius 2 is 1.76 bits per heavy atom. The van der Waals surface area contributed by atoms with Gasteiger partial charge in [-0.25, -0.2) is 4.79 Å². The molecular weight excluding hydrogens is 368 g/mol. The number of carbonyl (C=O) groups is 1. The highest BCUT2D eigenvalue weighted by molar-refractivity contribution is 6.05. The third kappa shape index (κ3) is 3.14. The van der Waals surface area contributed by atoms with Crippen LogP contribution in [-0.4, -0.2) is 19.7 Å². The fourth-order valence-electron chi connectivity index (χ4n) is 3.56. The van der Waals surface area contributed by atoms with Crippen molar-refractivity contribution in [2.24, 2.45) is 0 Å². The number of rotatable bonds is 4. The van der Waals surface area contributed by atoms with Gasteiger partial charge in [0.15, 0.2) is 0 Å². The van der Waals surface area contributed by atoms with Crippen LogP contribution in [0.2, 0.25) is 0 Å². The van der Waals surface area contributed by atoms with Crippen molar-refractivity contribution >= 4 is 27.9 Å². The number of benzene rings is 3. The van der Waals surface area contributed by atoms with Crippen LogP contribution in [0, 0.1) is 6.92 Å². The quantitative estimate of drug-likeness (QED) is 0.359. The highest BCUT2D eigenvalue weighted by atomic mass is 16.5. The van der Waals surface area contributed by atoms with Crippen LogP contribution in [0.3, 0.4) is 0 Å². The van der Waals surface area contributed by atoms with Gasteiger partial charge in [0.1, 0.15) is 16.9 Å². The van der Waals surface area contributed by atoms with E-state index >= 15 is 0 Å². The maximum atomic E-state index is 13.2. The lowest BCUT2D eigenvalue weighted by molar-refractivity contribution is 0.0526. The molecule has 4 rings (SSSR count). The minimum atomic E-state index is -0.464. The molecule has 0 fully saturated rings. The van der Waals surface area contributed by atoms with Crippen LogP contribution in [0.5, 0.6) is 5.75 Å². The van der Waals surface area contributed by atoms with Gasteiger partial charge in [0.05, 0.1) is 30.1 Å². The van der Waals surface area contributed by atoms with Crippen LogP contribution in [0.25, 0.3) is 33.1 Å². The molecule has 0 unspecified atom stereocenters. The third-order valence-electron chi connectivity index (χ3n) is 5.00. The van der Waals surface area contributed by atoms with Crippen LogP contribution < -0.4 is 10.2 Å². The van der Waals surface area contributed by atoms with E-state index in [4.69, 9.17) is 13.9 Å². The van der Waals surface area contributed by atoms with Crippen LogP contribution >= 0.6 is 0 Å². The summed E-state index contributed by atoms with van der Waals surface area (Å²) in [6, 6.07) is 16.1. The predicted molar refractivity (Wildman–Crippen MR) is 113 cm³/mol. The Hall–Kier alpha value is -3.60. The topological polar surface area (TPSA) is 65.7 Å². The average molecular weight is 388 g/mol. The largest absolute Gasteiger partial charge is 0.497 e. The lowest BCUT2D eigenvalue weighted by Gasteiger charge is -2.15. The van der Waals surface area contributed by atoms with Gasteiger partial charge < -0.3 is 13.9 Å². The van der Waals surface area contributed by atoms with Crippen LogP contribution in [0.15, 0.2) is 63.8 Å². The number of carbonyl (C=O) groups excluding carboxylic acids is 1. The van der Waals surface area contributed by atoms with Crippen LogP contribution in [-0.2, 0) is 4.74 Å². The number of ether oxygens (including phenoxy) is 2. The van der Waals surface area contributed by atoms with E-state index in [0.717, 1.165) is 5.56 Å². The van der Waals surface area contributed by atoms with Gasteiger partial charge in [-0.1, -0.05) is 24.3 Å². The maximum absolute atomic E-state index is 13.2. The zero-order valence-electron chi connectivity index (χ0n) is 16.4. The first-order valence-corrected chi connectivity index (χ1v) is 9.35. The van der Waals surface area contributed by atoms with Crippen molar-refractivity contribution in [3.05, 3.63) is 75.9 Å². The second-order valence-corrected chi connectivity index (χ2v) is 6.68. The summed E-state index contributed by atoms with van der Waals surface area (Å²) in [5, 5.41) is 0.822. The first-order valence-electron chi connectivity index (χ1n) is 9.35. The molecular formula is C24H20O5. The number of hydrogen-bond donors (Lipinski definition) is 0. The lowest BCUT2D eigenvalue weighted by atomic mass is 9.93. The van der Waals surface area contributed by atoms with Gasteiger partial charge in [-0.3, -0.25) is 4.79 Å². The number of fused-ring (bicyclic) bond motifs is 2. The molecule has 0 atom stereocenters. The number of para-hydroxylation sites is 1. The fourth-order valence-corrected chi connectivity index (χ4v) is 3.56. The molecule has 0 aliphatic heterocycles. The minimum absolute atomic E-state index is 0.179. The summed E-state index contributed by atoms with van der Waals surface area (Å²) >= 11 is 0. The molecule has 0 N–H and O–H groups in total. The third-order valence-corrected chi connectivity index (χ3v) is 5.00. The van der Waals surface area contributed by atoms with Crippen LogP contribution in [0.1, 0.15) is 22.8 Å². The Kier molecular flexibility index (Phi) is 4.80. The second kappa shape index (κ2) is 7.43. The first kappa shape index (κ1) is 18.7. The molecule has 29 heavy (non-hydrogen) atoms. The van der Waals surface area contributed by atoms with Crippen molar-refractivity contribution in [3.63, 3.8) is 0 Å². The first-order chi connectivity index (χ1) is 14.0. The van der Waals surface area contributed by atoms with Crippen molar-refractivity contribution in [2.75, 3.05) is 13.7 Å². The van der Waals surface area contributed by atoms with Gasteiger partial charge >= 0.3 is 5.97 Å².